The molecule has 2 amide bonds. The molecular formula is C18H26N4O. The first-order chi connectivity index (χ1) is 11.2. The van der Waals surface area contributed by atoms with Crippen molar-refractivity contribution in [3.8, 4) is 11.4 Å². The van der Waals surface area contributed by atoms with Gasteiger partial charge in [0.15, 0.2) is 0 Å². The molecule has 0 unspecified atom stereocenters. The highest BCUT2D eigenvalue weighted by Crippen LogP contribution is 2.16. The van der Waals surface area contributed by atoms with Gasteiger partial charge in [0.25, 0.3) is 0 Å². The van der Waals surface area contributed by atoms with E-state index in [0.29, 0.717) is 6.54 Å². The van der Waals surface area contributed by atoms with Crippen molar-refractivity contribution in [2.45, 2.75) is 45.7 Å². The van der Waals surface area contributed by atoms with E-state index in [2.05, 4.69) is 46.2 Å². The maximum atomic E-state index is 11.8. The van der Waals surface area contributed by atoms with Crippen LogP contribution in [0.2, 0.25) is 0 Å². The van der Waals surface area contributed by atoms with Crippen molar-refractivity contribution in [2.75, 3.05) is 6.54 Å². The summed E-state index contributed by atoms with van der Waals surface area (Å²) >= 11 is 0. The number of urea groups is 1. The normalized spacial score (nSPS) is 10.7. The molecule has 0 aliphatic rings. The summed E-state index contributed by atoms with van der Waals surface area (Å²) in [6.07, 6.45) is 6.58. The molecule has 23 heavy (non-hydrogen) atoms. The van der Waals surface area contributed by atoms with Gasteiger partial charge in [0, 0.05) is 37.1 Å². The van der Waals surface area contributed by atoms with E-state index in [1.165, 1.54) is 0 Å². The van der Waals surface area contributed by atoms with Crippen molar-refractivity contribution < 1.29 is 4.79 Å². The molecule has 2 N–H and O–H groups in total. The van der Waals surface area contributed by atoms with Gasteiger partial charge in [0.2, 0.25) is 0 Å². The monoisotopic (exact) mass is 314 g/mol. The average molecular weight is 314 g/mol. The number of imidazole rings is 1. The molecule has 0 bridgehead atoms. The Kier molecular flexibility index (Phi) is 6.66. The Morgan fingerprint density at radius 2 is 1.96 bits per heavy atom. The van der Waals surface area contributed by atoms with Gasteiger partial charge in [-0.05, 0) is 19.3 Å². The lowest BCUT2D eigenvalue weighted by molar-refractivity contribution is 0.236. The van der Waals surface area contributed by atoms with E-state index in [0.717, 1.165) is 37.2 Å². The van der Waals surface area contributed by atoms with E-state index >= 15 is 0 Å². The SMILES string of the molecule is CCC(CC)NC(=O)NCCCn1ccnc1-c1ccccc1. The third-order valence-corrected chi connectivity index (χ3v) is 3.93. The fourth-order valence-electron chi connectivity index (χ4n) is 2.52. The van der Waals surface area contributed by atoms with E-state index < -0.39 is 0 Å². The Bertz CT molecular complexity index is 590. The largest absolute Gasteiger partial charge is 0.338 e. The molecule has 0 fully saturated rings. The van der Waals surface area contributed by atoms with Crippen molar-refractivity contribution in [1.29, 1.82) is 0 Å². The first-order valence-corrected chi connectivity index (χ1v) is 8.35. The van der Waals surface area contributed by atoms with E-state index in [4.69, 9.17) is 0 Å². The summed E-state index contributed by atoms with van der Waals surface area (Å²) in [6, 6.07) is 10.3. The summed E-state index contributed by atoms with van der Waals surface area (Å²) in [4.78, 5) is 16.2. The fourth-order valence-corrected chi connectivity index (χ4v) is 2.52. The van der Waals surface area contributed by atoms with Gasteiger partial charge in [0.05, 0.1) is 0 Å². The molecule has 5 heteroatoms. The molecule has 0 spiro atoms. The molecule has 1 aromatic carbocycles. The molecule has 2 aromatic rings. The summed E-state index contributed by atoms with van der Waals surface area (Å²) in [7, 11) is 0. The first-order valence-electron chi connectivity index (χ1n) is 8.35. The average Bonchev–Trinajstić information content (AvgIpc) is 3.06. The number of carbonyl (C=O) groups excluding carboxylic acids is 1. The summed E-state index contributed by atoms with van der Waals surface area (Å²) in [5.41, 5.74) is 1.11. The number of amides is 2. The molecule has 5 nitrogen and oxygen atoms in total. The van der Waals surface area contributed by atoms with E-state index in [1.807, 2.05) is 30.6 Å². The van der Waals surface area contributed by atoms with E-state index in [-0.39, 0.29) is 12.1 Å². The predicted molar refractivity (Wildman–Crippen MR) is 93.2 cm³/mol. The van der Waals surface area contributed by atoms with Crippen LogP contribution in [0.15, 0.2) is 42.7 Å². The number of aryl methyl sites for hydroxylation is 1. The number of carbonyl (C=O) groups is 1. The van der Waals surface area contributed by atoms with Crippen LogP contribution in [0.25, 0.3) is 11.4 Å². The van der Waals surface area contributed by atoms with Crippen molar-refractivity contribution in [1.82, 2.24) is 20.2 Å². The number of hydrogen-bond acceptors (Lipinski definition) is 2. The molecular weight excluding hydrogens is 288 g/mol. The molecule has 0 saturated carbocycles. The standard InChI is InChI=1S/C18H26N4O/c1-3-16(4-2)21-18(23)20-11-8-13-22-14-12-19-17(22)15-9-6-5-7-10-15/h5-7,9-10,12,14,16H,3-4,8,11,13H2,1-2H3,(H2,20,21,23). The van der Waals surface area contributed by atoms with Crippen LogP contribution in [-0.2, 0) is 6.54 Å². The molecule has 0 atom stereocenters. The highest BCUT2D eigenvalue weighted by molar-refractivity contribution is 5.74. The van der Waals surface area contributed by atoms with Crippen LogP contribution in [0.3, 0.4) is 0 Å². The summed E-state index contributed by atoms with van der Waals surface area (Å²) in [5, 5.41) is 5.90. The Balaban J connectivity index is 1.77. The predicted octanol–water partition coefficient (Wildman–Crippen LogP) is 3.43. The van der Waals surface area contributed by atoms with Crippen molar-refractivity contribution in [2.24, 2.45) is 0 Å². The Morgan fingerprint density at radius 1 is 1.22 bits per heavy atom. The second-order valence-corrected chi connectivity index (χ2v) is 5.58. The van der Waals surface area contributed by atoms with Gasteiger partial charge in [-0.1, -0.05) is 44.2 Å². The van der Waals surface area contributed by atoms with Crippen LogP contribution in [-0.4, -0.2) is 28.2 Å². The molecule has 0 saturated heterocycles. The number of nitrogens with one attached hydrogen (secondary N) is 2. The van der Waals surface area contributed by atoms with Gasteiger partial charge in [-0.25, -0.2) is 9.78 Å². The minimum absolute atomic E-state index is 0.0763. The fraction of sp³-hybridized carbons (Fsp3) is 0.444. The zero-order valence-corrected chi connectivity index (χ0v) is 14.0. The number of nitrogens with zero attached hydrogens (tertiary/aromatic N) is 2. The van der Waals surface area contributed by atoms with Crippen LogP contribution in [0.1, 0.15) is 33.1 Å². The van der Waals surface area contributed by atoms with Crippen molar-refractivity contribution >= 4 is 6.03 Å². The lowest BCUT2D eigenvalue weighted by Crippen LogP contribution is -2.42. The van der Waals surface area contributed by atoms with Crippen molar-refractivity contribution in [3.05, 3.63) is 42.7 Å². The molecule has 124 valence electrons. The quantitative estimate of drug-likeness (QED) is 0.733. The summed E-state index contributed by atoms with van der Waals surface area (Å²) in [5.74, 6) is 0.965. The third-order valence-electron chi connectivity index (χ3n) is 3.93. The van der Waals surface area contributed by atoms with E-state index in [9.17, 15) is 4.79 Å². The number of rotatable bonds is 8. The lowest BCUT2D eigenvalue weighted by Gasteiger charge is -2.15. The van der Waals surface area contributed by atoms with Crippen LogP contribution < -0.4 is 10.6 Å². The molecule has 2 rings (SSSR count). The zero-order chi connectivity index (χ0) is 16.5. The maximum absolute atomic E-state index is 11.8. The van der Waals surface area contributed by atoms with Gasteiger partial charge >= 0.3 is 6.03 Å². The van der Waals surface area contributed by atoms with Gasteiger partial charge in [-0.2, -0.15) is 0 Å². The smallest absolute Gasteiger partial charge is 0.315 e. The number of benzene rings is 1. The Morgan fingerprint density at radius 3 is 2.65 bits per heavy atom. The molecule has 1 heterocycles. The summed E-state index contributed by atoms with van der Waals surface area (Å²) < 4.78 is 2.12. The molecule has 0 radical (unpaired) electrons. The van der Waals surface area contributed by atoms with Gasteiger partial charge < -0.3 is 15.2 Å². The Labute approximate surface area is 138 Å². The molecule has 0 aliphatic carbocycles. The van der Waals surface area contributed by atoms with Crippen LogP contribution in [0, 0.1) is 0 Å². The first kappa shape index (κ1) is 17.1. The molecule has 0 aliphatic heterocycles. The second-order valence-electron chi connectivity index (χ2n) is 5.58. The Hall–Kier alpha value is -2.30. The minimum Gasteiger partial charge on any atom is -0.338 e. The maximum Gasteiger partial charge on any atom is 0.315 e. The minimum atomic E-state index is -0.0763. The van der Waals surface area contributed by atoms with Crippen LogP contribution in [0.4, 0.5) is 4.79 Å². The van der Waals surface area contributed by atoms with Gasteiger partial charge in [0.1, 0.15) is 5.82 Å². The third kappa shape index (κ3) is 5.13. The van der Waals surface area contributed by atoms with Crippen LogP contribution >= 0.6 is 0 Å². The van der Waals surface area contributed by atoms with E-state index in [1.54, 1.807) is 0 Å². The second kappa shape index (κ2) is 8.98. The number of aromatic nitrogens is 2. The van der Waals surface area contributed by atoms with Crippen molar-refractivity contribution in [3.63, 3.8) is 0 Å². The topological polar surface area (TPSA) is 59.0 Å². The van der Waals surface area contributed by atoms with Gasteiger partial charge in [-0.3, -0.25) is 0 Å². The summed E-state index contributed by atoms with van der Waals surface area (Å²) in [6.45, 7) is 5.64. The lowest BCUT2D eigenvalue weighted by atomic mass is 10.2. The zero-order valence-electron chi connectivity index (χ0n) is 14.0. The highest BCUT2D eigenvalue weighted by Gasteiger charge is 2.08. The van der Waals surface area contributed by atoms with Crippen LogP contribution in [0.5, 0.6) is 0 Å². The van der Waals surface area contributed by atoms with Gasteiger partial charge in [-0.15, -0.1) is 0 Å². The number of hydrogen-bond donors (Lipinski definition) is 2. The highest BCUT2D eigenvalue weighted by atomic mass is 16.2. The molecule has 1 aromatic heterocycles.